The summed E-state index contributed by atoms with van der Waals surface area (Å²) in [6.07, 6.45) is 2.28. The third-order valence-electron chi connectivity index (χ3n) is 5.75. The molecule has 11 nitrogen and oxygen atoms in total. The smallest absolute Gasteiger partial charge is 0.318 e. The molecule has 3 rings (SSSR count). The molecule has 13 heteroatoms. The van der Waals surface area contributed by atoms with E-state index in [1.807, 2.05) is 6.07 Å². The van der Waals surface area contributed by atoms with E-state index >= 15 is 0 Å². The van der Waals surface area contributed by atoms with Crippen molar-refractivity contribution in [2.45, 2.75) is 26.3 Å². The molecule has 1 atom stereocenters. The largest absolute Gasteiger partial charge is 0.401 e. The molecule has 1 aromatic carbocycles. The lowest BCUT2D eigenvalue weighted by Crippen LogP contribution is -2.52. The Morgan fingerprint density at radius 3 is 2.59 bits per heavy atom. The molecule has 0 spiro atoms. The maximum Gasteiger partial charge on any atom is 0.318 e. The molecular weight excluding hydrogens is 482 g/mol. The van der Waals surface area contributed by atoms with Crippen LogP contribution >= 0.6 is 0 Å². The van der Waals surface area contributed by atoms with Crippen molar-refractivity contribution in [3.05, 3.63) is 58.6 Å². The molecule has 2 heterocycles. The molecule has 0 saturated carbocycles. The normalized spacial score (nSPS) is 15.5. The number of rotatable bonds is 7. The molecule has 0 unspecified atom stereocenters. The van der Waals surface area contributed by atoms with E-state index < -0.39 is 23.7 Å². The van der Waals surface area contributed by atoms with Crippen LogP contribution in [0.5, 0.6) is 0 Å². The summed E-state index contributed by atoms with van der Waals surface area (Å²) in [5.74, 6) is -1.22. The molecule has 0 bridgehead atoms. The molecule has 0 radical (unpaired) electrons. The van der Waals surface area contributed by atoms with Crippen LogP contribution in [-0.4, -0.2) is 59.0 Å². The number of allylic oxidation sites excluding steroid dienone is 2. The second-order valence-electron chi connectivity index (χ2n) is 8.44. The topological polar surface area (TPSA) is 173 Å². The van der Waals surface area contributed by atoms with Crippen LogP contribution < -0.4 is 21.7 Å². The number of nitriles is 1. The Morgan fingerprint density at radius 2 is 1.97 bits per heavy atom. The number of hydrogen-bond donors (Lipinski definition) is 4. The monoisotopic (exact) mass is 510 g/mol. The first-order valence-electron chi connectivity index (χ1n) is 11.4. The van der Waals surface area contributed by atoms with Gasteiger partial charge in [0, 0.05) is 38.3 Å². The maximum atomic E-state index is 14.3. The van der Waals surface area contributed by atoms with Crippen molar-refractivity contribution in [1.29, 1.82) is 10.7 Å². The Balaban J connectivity index is 1.68. The number of hydrogen-bond acceptors (Lipinski definition) is 9. The highest BCUT2D eigenvalue weighted by atomic mass is 19.1. The SMILES string of the molecule is CC(=Nc1nc(N2CCN(C(=O)N[C@@H](CC=N)c3cc(F)cc(C#N)c3)CC2)ncc1F)C(N)=C(C)N. The highest BCUT2D eigenvalue weighted by Gasteiger charge is 2.25. The molecule has 1 aliphatic rings. The molecule has 1 fully saturated rings. The number of aliphatic imine (C=N–C) groups is 1. The third kappa shape index (κ3) is 6.75. The van der Waals surface area contributed by atoms with Crippen LogP contribution in [-0.2, 0) is 0 Å². The molecule has 1 aromatic heterocycles. The maximum absolute atomic E-state index is 14.3. The number of carbonyl (C=O) groups is 1. The van der Waals surface area contributed by atoms with E-state index in [0.29, 0.717) is 43.2 Å². The standard InChI is InChI=1S/C24H28F2N10O/c1-14(29)21(30)15(2)32-22-19(26)13-31-23(34-22)35-5-7-36(8-6-35)24(37)33-20(3-4-27)17-9-16(12-28)10-18(25)11-17/h4,9-11,13,20,27H,3,5-8,29-30H2,1-2H3,(H,33,37)/t20-/m0/s1. The second-order valence-corrected chi connectivity index (χ2v) is 8.44. The van der Waals surface area contributed by atoms with E-state index in [4.69, 9.17) is 22.1 Å². The number of benzene rings is 1. The van der Waals surface area contributed by atoms with Crippen molar-refractivity contribution in [1.82, 2.24) is 20.2 Å². The number of amides is 2. The van der Waals surface area contributed by atoms with Crippen molar-refractivity contribution < 1.29 is 13.6 Å². The van der Waals surface area contributed by atoms with E-state index in [1.54, 1.807) is 23.6 Å². The lowest BCUT2D eigenvalue weighted by atomic mass is 10.0. The minimum atomic E-state index is -0.710. The zero-order chi connectivity index (χ0) is 27.1. The molecule has 1 aliphatic heterocycles. The Morgan fingerprint density at radius 1 is 1.27 bits per heavy atom. The van der Waals surface area contributed by atoms with Gasteiger partial charge in [-0.05, 0) is 43.8 Å². The Bertz CT molecular complexity index is 1270. The summed E-state index contributed by atoms with van der Waals surface area (Å²) < 4.78 is 28.2. The molecule has 2 aromatic rings. The first kappa shape index (κ1) is 27.0. The van der Waals surface area contributed by atoms with Gasteiger partial charge in [-0.25, -0.2) is 23.6 Å². The predicted molar refractivity (Wildman–Crippen MR) is 135 cm³/mol. The van der Waals surface area contributed by atoms with Gasteiger partial charge in [-0.3, -0.25) is 0 Å². The van der Waals surface area contributed by atoms with Crippen LogP contribution in [0.4, 0.5) is 25.3 Å². The number of urea groups is 1. The fourth-order valence-corrected chi connectivity index (χ4v) is 3.71. The van der Waals surface area contributed by atoms with E-state index in [0.717, 1.165) is 18.5 Å². The fourth-order valence-electron chi connectivity index (χ4n) is 3.71. The number of nitrogens with one attached hydrogen (secondary N) is 2. The third-order valence-corrected chi connectivity index (χ3v) is 5.75. The Kier molecular flexibility index (Phi) is 8.68. The Hall–Kier alpha value is -4.60. The number of anilines is 1. The average Bonchev–Trinajstić information content (AvgIpc) is 2.88. The van der Waals surface area contributed by atoms with Gasteiger partial charge >= 0.3 is 6.03 Å². The van der Waals surface area contributed by atoms with Crippen molar-refractivity contribution in [2.75, 3.05) is 31.1 Å². The summed E-state index contributed by atoms with van der Waals surface area (Å²) in [6.45, 7) is 4.59. The second kappa shape index (κ2) is 11.9. The molecule has 37 heavy (non-hydrogen) atoms. The van der Waals surface area contributed by atoms with E-state index in [9.17, 15) is 13.6 Å². The van der Waals surface area contributed by atoms with Gasteiger partial charge in [0.1, 0.15) is 5.82 Å². The quantitative estimate of drug-likeness (QED) is 0.414. The number of aromatic nitrogens is 2. The van der Waals surface area contributed by atoms with Gasteiger partial charge in [0.2, 0.25) is 5.95 Å². The molecule has 194 valence electrons. The Labute approximate surface area is 213 Å². The van der Waals surface area contributed by atoms with E-state index in [1.165, 1.54) is 12.1 Å². The molecule has 6 N–H and O–H groups in total. The van der Waals surface area contributed by atoms with Crippen molar-refractivity contribution in [3.63, 3.8) is 0 Å². The summed E-state index contributed by atoms with van der Waals surface area (Å²) in [7, 11) is 0. The van der Waals surface area contributed by atoms with Gasteiger partial charge in [-0.2, -0.15) is 10.2 Å². The highest BCUT2D eigenvalue weighted by Crippen LogP contribution is 2.22. The average molecular weight is 511 g/mol. The van der Waals surface area contributed by atoms with Crippen LogP contribution in [0.3, 0.4) is 0 Å². The summed E-state index contributed by atoms with van der Waals surface area (Å²) in [5.41, 5.74) is 13.0. The molecular formula is C24H28F2N10O. The summed E-state index contributed by atoms with van der Waals surface area (Å²) in [5, 5.41) is 19.4. The van der Waals surface area contributed by atoms with E-state index in [-0.39, 0.29) is 29.4 Å². The zero-order valence-electron chi connectivity index (χ0n) is 20.5. The van der Waals surface area contributed by atoms with Gasteiger partial charge in [-0.15, -0.1) is 0 Å². The number of carbonyl (C=O) groups excluding carboxylic acids is 1. The first-order chi connectivity index (χ1) is 17.6. The van der Waals surface area contributed by atoms with Gasteiger partial charge in [0.25, 0.3) is 0 Å². The molecule has 0 aliphatic carbocycles. The number of nitrogens with two attached hydrogens (primary N) is 2. The number of nitrogens with zero attached hydrogens (tertiary/aromatic N) is 6. The van der Waals surface area contributed by atoms with Gasteiger partial charge < -0.3 is 32.0 Å². The minimum Gasteiger partial charge on any atom is -0.401 e. The predicted octanol–water partition coefficient (Wildman–Crippen LogP) is 2.48. The number of halogens is 2. The summed E-state index contributed by atoms with van der Waals surface area (Å²) >= 11 is 0. The van der Waals surface area contributed by atoms with Crippen LogP contribution in [0.2, 0.25) is 0 Å². The fraction of sp³-hybridized carbons (Fsp3) is 0.333. The van der Waals surface area contributed by atoms with Crippen LogP contribution in [0, 0.1) is 28.4 Å². The van der Waals surface area contributed by atoms with Crippen LogP contribution in [0.15, 0.2) is 40.8 Å². The molecule has 1 saturated heterocycles. The summed E-state index contributed by atoms with van der Waals surface area (Å²) in [6, 6.07) is 4.65. The lowest BCUT2D eigenvalue weighted by Gasteiger charge is -2.35. The summed E-state index contributed by atoms with van der Waals surface area (Å²) in [4.78, 5) is 28.7. The van der Waals surface area contributed by atoms with E-state index in [2.05, 4.69) is 20.3 Å². The minimum absolute atomic E-state index is 0.128. The lowest BCUT2D eigenvalue weighted by molar-refractivity contribution is 0.190. The van der Waals surface area contributed by atoms with Gasteiger partial charge in [-0.1, -0.05) is 0 Å². The van der Waals surface area contributed by atoms with Gasteiger partial charge in [0.15, 0.2) is 11.6 Å². The van der Waals surface area contributed by atoms with Crippen LogP contribution in [0.25, 0.3) is 0 Å². The van der Waals surface area contributed by atoms with Crippen molar-refractivity contribution >= 4 is 29.7 Å². The van der Waals surface area contributed by atoms with Gasteiger partial charge in [0.05, 0.1) is 35.3 Å². The number of piperazine rings is 1. The van der Waals surface area contributed by atoms with Crippen molar-refractivity contribution in [2.24, 2.45) is 16.5 Å². The van der Waals surface area contributed by atoms with Crippen molar-refractivity contribution in [3.8, 4) is 6.07 Å². The highest BCUT2D eigenvalue weighted by molar-refractivity contribution is 5.99. The first-order valence-corrected chi connectivity index (χ1v) is 11.4. The molecule has 2 amide bonds. The zero-order valence-corrected chi connectivity index (χ0v) is 20.5. The van der Waals surface area contributed by atoms with Crippen LogP contribution in [0.1, 0.15) is 37.4 Å².